The van der Waals surface area contributed by atoms with Gasteiger partial charge in [-0.05, 0) is 51.1 Å². The lowest BCUT2D eigenvalue weighted by Gasteiger charge is -2.52. The van der Waals surface area contributed by atoms with Crippen LogP contribution in [0.25, 0.3) is 0 Å². The van der Waals surface area contributed by atoms with Crippen molar-refractivity contribution < 1.29 is 14.7 Å². The van der Waals surface area contributed by atoms with Crippen molar-refractivity contribution in [1.82, 2.24) is 15.1 Å². The van der Waals surface area contributed by atoms with Crippen LogP contribution in [0.5, 0.6) is 0 Å². The van der Waals surface area contributed by atoms with E-state index in [2.05, 4.69) is 5.32 Å². The van der Waals surface area contributed by atoms with Crippen LogP contribution in [0.4, 0.5) is 0 Å². The van der Waals surface area contributed by atoms with E-state index in [9.17, 15) is 14.7 Å². The number of benzene rings is 1. The highest BCUT2D eigenvalue weighted by molar-refractivity contribution is 5.87. The summed E-state index contributed by atoms with van der Waals surface area (Å²) in [5.74, 6) is 0.207. The minimum atomic E-state index is -0.660. The minimum Gasteiger partial charge on any atom is -0.391 e. The Morgan fingerprint density at radius 1 is 1.29 bits per heavy atom. The number of carbonyl (C=O) groups excluding carboxylic acids is 2. The van der Waals surface area contributed by atoms with Gasteiger partial charge in [0.25, 0.3) is 0 Å². The molecule has 6 nitrogen and oxygen atoms in total. The molecule has 3 aliphatic heterocycles. The van der Waals surface area contributed by atoms with Crippen LogP contribution in [0.1, 0.15) is 50.6 Å². The van der Waals surface area contributed by atoms with Crippen molar-refractivity contribution in [3.8, 4) is 0 Å². The number of nitrogens with zero attached hydrogens (tertiary/aromatic N) is 2. The highest BCUT2D eigenvalue weighted by Gasteiger charge is 2.53. The van der Waals surface area contributed by atoms with E-state index >= 15 is 0 Å². The molecule has 1 aromatic rings. The summed E-state index contributed by atoms with van der Waals surface area (Å²) in [4.78, 5) is 30.2. The average Bonchev–Trinajstić information content (AvgIpc) is 3.25. The Hall–Kier alpha value is -1.92. The fraction of sp³-hybridized carbons (Fsp3) is 0.636. The number of hydrogen-bond donors (Lipinski definition) is 2. The molecule has 4 atom stereocenters. The standard InChI is InChI=1S/C22H31N3O3/c1-2-25-19(16-8-4-3-5-9-16)18(26)14-22(21(25)28)11-7-13-24(15-22)20(27)17-10-6-12-23-17/h3-5,8-9,17-19,23,26H,2,6-7,10-15H2,1H3/t17-,18+,19-,22-/m0/s1. The lowest BCUT2D eigenvalue weighted by Crippen LogP contribution is -2.62. The second kappa shape index (κ2) is 7.84. The molecule has 3 heterocycles. The predicted octanol–water partition coefficient (Wildman–Crippen LogP) is 1.70. The predicted molar refractivity (Wildman–Crippen MR) is 106 cm³/mol. The van der Waals surface area contributed by atoms with Crippen LogP contribution in [0.2, 0.25) is 0 Å². The van der Waals surface area contributed by atoms with Crippen LogP contribution < -0.4 is 5.32 Å². The summed E-state index contributed by atoms with van der Waals surface area (Å²) in [6.45, 7) is 4.53. The number of likely N-dealkylation sites (tertiary alicyclic amines) is 2. The fourth-order valence-electron chi connectivity index (χ4n) is 5.41. The molecule has 0 aromatic heterocycles. The van der Waals surface area contributed by atoms with Gasteiger partial charge >= 0.3 is 0 Å². The molecule has 0 unspecified atom stereocenters. The molecule has 0 bridgehead atoms. The number of aliphatic hydroxyl groups excluding tert-OH is 1. The van der Waals surface area contributed by atoms with Crippen molar-refractivity contribution in [2.45, 2.75) is 57.2 Å². The number of nitrogens with one attached hydrogen (secondary N) is 1. The summed E-state index contributed by atoms with van der Waals surface area (Å²) in [5.41, 5.74) is 0.312. The van der Waals surface area contributed by atoms with Gasteiger partial charge in [-0.25, -0.2) is 0 Å². The molecular formula is C22H31N3O3. The SMILES string of the molecule is CCN1C(=O)[C@@]2(CCCN(C(=O)[C@@H]3CCCN3)C2)C[C@@H](O)[C@@H]1c1ccccc1. The maximum Gasteiger partial charge on any atom is 0.239 e. The summed E-state index contributed by atoms with van der Waals surface area (Å²) >= 11 is 0. The molecule has 0 aliphatic carbocycles. The molecule has 3 saturated heterocycles. The number of aliphatic hydroxyl groups is 1. The minimum absolute atomic E-state index is 0.0889. The molecular weight excluding hydrogens is 354 g/mol. The molecule has 2 N–H and O–H groups in total. The number of carbonyl (C=O) groups is 2. The summed E-state index contributed by atoms with van der Waals surface area (Å²) < 4.78 is 0. The van der Waals surface area contributed by atoms with Gasteiger partial charge in [0.2, 0.25) is 11.8 Å². The van der Waals surface area contributed by atoms with E-state index in [1.165, 1.54) is 0 Å². The highest BCUT2D eigenvalue weighted by Crippen LogP contribution is 2.45. The molecule has 4 rings (SSSR count). The van der Waals surface area contributed by atoms with Crippen LogP contribution >= 0.6 is 0 Å². The molecule has 152 valence electrons. The molecule has 0 saturated carbocycles. The Morgan fingerprint density at radius 2 is 2.07 bits per heavy atom. The quantitative estimate of drug-likeness (QED) is 0.831. The Kier molecular flexibility index (Phi) is 5.43. The maximum atomic E-state index is 13.6. The van der Waals surface area contributed by atoms with Gasteiger partial charge in [0.15, 0.2) is 0 Å². The zero-order chi connectivity index (χ0) is 19.7. The molecule has 1 aromatic carbocycles. The topological polar surface area (TPSA) is 72.9 Å². The third kappa shape index (κ3) is 3.33. The monoisotopic (exact) mass is 385 g/mol. The van der Waals surface area contributed by atoms with Crippen molar-refractivity contribution in [2.24, 2.45) is 5.41 Å². The number of likely N-dealkylation sites (N-methyl/N-ethyl adjacent to an activating group) is 1. The van der Waals surface area contributed by atoms with Gasteiger partial charge in [-0.2, -0.15) is 0 Å². The van der Waals surface area contributed by atoms with Crippen molar-refractivity contribution in [3.63, 3.8) is 0 Å². The van der Waals surface area contributed by atoms with E-state index in [4.69, 9.17) is 0 Å². The van der Waals surface area contributed by atoms with E-state index in [1.54, 1.807) is 0 Å². The number of piperidine rings is 2. The number of amides is 2. The Balaban J connectivity index is 1.57. The van der Waals surface area contributed by atoms with E-state index in [0.29, 0.717) is 26.1 Å². The molecule has 0 radical (unpaired) electrons. The van der Waals surface area contributed by atoms with Gasteiger partial charge < -0.3 is 20.2 Å². The lowest BCUT2D eigenvalue weighted by molar-refractivity contribution is -0.166. The molecule has 28 heavy (non-hydrogen) atoms. The summed E-state index contributed by atoms with van der Waals surface area (Å²) in [5, 5.41) is 14.4. The van der Waals surface area contributed by atoms with E-state index in [1.807, 2.05) is 47.1 Å². The zero-order valence-electron chi connectivity index (χ0n) is 16.6. The first kappa shape index (κ1) is 19.4. The van der Waals surface area contributed by atoms with E-state index in [-0.39, 0.29) is 23.9 Å². The molecule has 2 amide bonds. The summed E-state index contributed by atoms with van der Waals surface area (Å²) in [6, 6.07) is 9.36. The zero-order valence-corrected chi connectivity index (χ0v) is 16.6. The fourth-order valence-corrected chi connectivity index (χ4v) is 5.41. The number of rotatable bonds is 3. The first-order valence-corrected chi connectivity index (χ1v) is 10.6. The van der Waals surface area contributed by atoms with Gasteiger partial charge in [0, 0.05) is 19.6 Å². The average molecular weight is 386 g/mol. The number of hydrogen-bond acceptors (Lipinski definition) is 4. The van der Waals surface area contributed by atoms with Crippen molar-refractivity contribution in [2.75, 3.05) is 26.2 Å². The normalized spacial score (nSPS) is 33.5. The van der Waals surface area contributed by atoms with E-state index < -0.39 is 11.5 Å². The molecule has 6 heteroatoms. The second-order valence-corrected chi connectivity index (χ2v) is 8.51. The first-order chi connectivity index (χ1) is 13.6. The highest BCUT2D eigenvalue weighted by atomic mass is 16.3. The van der Waals surface area contributed by atoms with Gasteiger partial charge in [0.1, 0.15) is 0 Å². The van der Waals surface area contributed by atoms with Gasteiger partial charge in [-0.3, -0.25) is 9.59 Å². The molecule has 3 fully saturated rings. The maximum absolute atomic E-state index is 13.6. The summed E-state index contributed by atoms with van der Waals surface area (Å²) in [7, 11) is 0. The third-order valence-electron chi connectivity index (χ3n) is 6.74. The molecule has 3 aliphatic rings. The van der Waals surface area contributed by atoms with Crippen molar-refractivity contribution in [3.05, 3.63) is 35.9 Å². The van der Waals surface area contributed by atoms with Crippen LogP contribution in [0, 0.1) is 5.41 Å². The summed E-state index contributed by atoms with van der Waals surface area (Å²) in [6.07, 6.45) is 3.24. The van der Waals surface area contributed by atoms with E-state index in [0.717, 1.165) is 37.8 Å². The molecule has 1 spiro atoms. The Bertz CT molecular complexity index is 719. The smallest absolute Gasteiger partial charge is 0.239 e. The largest absolute Gasteiger partial charge is 0.391 e. The van der Waals surface area contributed by atoms with Crippen LogP contribution in [0.15, 0.2) is 30.3 Å². The first-order valence-electron chi connectivity index (χ1n) is 10.6. The third-order valence-corrected chi connectivity index (χ3v) is 6.74. The van der Waals surface area contributed by atoms with Crippen molar-refractivity contribution in [1.29, 1.82) is 0 Å². The van der Waals surface area contributed by atoms with Crippen LogP contribution in [0.3, 0.4) is 0 Å². The Labute approximate surface area is 166 Å². The van der Waals surface area contributed by atoms with Crippen LogP contribution in [-0.2, 0) is 9.59 Å². The van der Waals surface area contributed by atoms with Gasteiger partial charge in [-0.1, -0.05) is 30.3 Å². The van der Waals surface area contributed by atoms with Crippen LogP contribution in [-0.4, -0.2) is 65.0 Å². The second-order valence-electron chi connectivity index (χ2n) is 8.51. The van der Waals surface area contributed by atoms with Crippen molar-refractivity contribution >= 4 is 11.8 Å². The lowest BCUT2D eigenvalue weighted by atomic mass is 9.69. The van der Waals surface area contributed by atoms with Gasteiger partial charge in [-0.15, -0.1) is 0 Å². The van der Waals surface area contributed by atoms with Gasteiger partial charge in [0.05, 0.1) is 23.6 Å². The Morgan fingerprint density at radius 3 is 2.75 bits per heavy atom.